The molecule has 0 aromatic heterocycles. The highest BCUT2D eigenvalue weighted by molar-refractivity contribution is 7.89. The van der Waals surface area contributed by atoms with Crippen LogP contribution in [0.1, 0.15) is 12.5 Å². The average Bonchev–Trinajstić information content (AvgIpc) is 2.34. The number of hydrogen-bond acceptors (Lipinski definition) is 6. The lowest BCUT2D eigenvalue weighted by molar-refractivity contribution is -0.384. The van der Waals surface area contributed by atoms with Crippen LogP contribution < -0.4 is 10.5 Å². The summed E-state index contributed by atoms with van der Waals surface area (Å²) < 4.78 is 27.0. The molecule has 21 heavy (non-hydrogen) atoms. The zero-order chi connectivity index (χ0) is 16.4. The molecule has 8 nitrogen and oxygen atoms in total. The van der Waals surface area contributed by atoms with Crippen LogP contribution in [0.25, 0.3) is 0 Å². The van der Waals surface area contributed by atoms with Crippen LogP contribution in [0.4, 0.5) is 11.4 Å². The predicted octanol–water partition coefficient (Wildman–Crippen LogP) is 0.714. The molecular formula is C12H20N4O4S. The van der Waals surface area contributed by atoms with Crippen LogP contribution in [-0.4, -0.2) is 44.9 Å². The Morgan fingerprint density at radius 2 is 2.00 bits per heavy atom. The fraction of sp³-hybridized carbons (Fsp3) is 0.500. The van der Waals surface area contributed by atoms with E-state index in [9.17, 15) is 18.5 Å². The van der Waals surface area contributed by atoms with Crippen molar-refractivity contribution in [1.29, 1.82) is 0 Å². The zero-order valence-corrected chi connectivity index (χ0v) is 13.3. The molecule has 0 spiro atoms. The van der Waals surface area contributed by atoms with E-state index in [-0.39, 0.29) is 23.2 Å². The third-order valence-electron chi connectivity index (χ3n) is 3.26. The lowest BCUT2D eigenvalue weighted by atomic mass is 10.2. The average molecular weight is 316 g/mol. The van der Waals surface area contributed by atoms with Crippen molar-refractivity contribution < 1.29 is 13.3 Å². The van der Waals surface area contributed by atoms with Gasteiger partial charge >= 0.3 is 0 Å². The monoisotopic (exact) mass is 316 g/mol. The summed E-state index contributed by atoms with van der Waals surface area (Å²) in [7, 11) is -0.166. The van der Waals surface area contributed by atoms with Gasteiger partial charge < -0.3 is 10.6 Å². The number of nitrogens with zero attached hydrogens (tertiary/aromatic N) is 2. The summed E-state index contributed by atoms with van der Waals surface area (Å²) in [4.78, 5) is 11.9. The quantitative estimate of drug-likeness (QED) is 0.453. The van der Waals surface area contributed by atoms with Crippen molar-refractivity contribution >= 4 is 21.4 Å². The fourth-order valence-electron chi connectivity index (χ4n) is 1.64. The van der Waals surface area contributed by atoms with Crippen LogP contribution in [0.2, 0.25) is 0 Å². The molecule has 9 heteroatoms. The van der Waals surface area contributed by atoms with Gasteiger partial charge in [-0.3, -0.25) is 10.1 Å². The first-order chi connectivity index (χ1) is 9.56. The molecule has 0 saturated heterocycles. The highest BCUT2D eigenvalue weighted by atomic mass is 32.2. The zero-order valence-electron chi connectivity index (χ0n) is 12.5. The van der Waals surface area contributed by atoms with E-state index in [2.05, 4.69) is 4.72 Å². The second kappa shape index (κ2) is 6.37. The molecule has 1 unspecified atom stereocenters. The molecule has 0 bridgehead atoms. The van der Waals surface area contributed by atoms with E-state index in [4.69, 9.17) is 5.73 Å². The Morgan fingerprint density at radius 1 is 1.43 bits per heavy atom. The van der Waals surface area contributed by atoms with Crippen LogP contribution >= 0.6 is 0 Å². The Labute approximate surface area is 124 Å². The number of aryl methyl sites for hydroxylation is 1. The Morgan fingerprint density at radius 3 is 2.48 bits per heavy atom. The van der Waals surface area contributed by atoms with Gasteiger partial charge in [0.05, 0.1) is 9.82 Å². The molecule has 3 N–H and O–H groups in total. The van der Waals surface area contributed by atoms with E-state index < -0.39 is 20.6 Å². The van der Waals surface area contributed by atoms with Gasteiger partial charge in [-0.25, -0.2) is 13.1 Å². The normalized spacial score (nSPS) is 13.4. The van der Waals surface area contributed by atoms with E-state index in [0.717, 1.165) is 6.07 Å². The molecule has 1 atom stereocenters. The third-order valence-corrected chi connectivity index (χ3v) is 4.83. The van der Waals surface area contributed by atoms with Crippen molar-refractivity contribution in [2.45, 2.75) is 24.8 Å². The second-order valence-corrected chi connectivity index (χ2v) is 6.83. The smallest absolute Gasteiger partial charge is 0.293 e. The molecule has 118 valence electrons. The van der Waals surface area contributed by atoms with Crippen molar-refractivity contribution in [3.8, 4) is 0 Å². The maximum atomic E-state index is 12.3. The summed E-state index contributed by atoms with van der Waals surface area (Å²) in [5.41, 5.74) is 5.42. The summed E-state index contributed by atoms with van der Waals surface area (Å²) >= 11 is 0. The predicted molar refractivity (Wildman–Crippen MR) is 80.6 cm³/mol. The van der Waals surface area contributed by atoms with Gasteiger partial charge in [-0.15, -0.1) is 0 Å². The van der Waals surface area contributed by atoms with Crippen molar-refractivity contribution in [3.05, 3.63) is 27.8 Å². The molecule has 0 heterocycles. The number of rotatable bonds is 6. The van der Waals surface area contributed by atoms with Gasteiger partial charge in [0.1, 0.15) is 5.69 Å². The van der Waals surface area contributed by atoms with E-state index in [1.165, 1.54) is 6.07 Å². The number of nitro groups is 1. The van der Waals surface area contributed by atoms with Crippen molar-refractivity contribution in [1.82, 2.24) is 9.62 Å². The van der Waals surface area contributed by atoms with Crippen LogP contribution in [0, 0.1) is 17.0 Å². The molecule has 1 aromatic rings. The summed E-state index contributed by atoms with van der Waals surface area (Å²) in [6, 6.07) is 2.28. The van der Waals surface area contributed by atoms with Gasteiger partial charge in [0.25, 0.3) is 5.69 Å². The third kappa shape index (κ3) is 4.13. The van der Waals surface area contributed by atoms with Crippen LogP contribution in [-0.2, 0) is 10.0 Å². The summed E-state index contributed by atoms with van der Waals surface area (Å²) in [5.74, 6) is 0. The molecule has 0 amide bonds. The number of nitrogens with two attached hydrogens (primary N) is 1. The summed E-state index contributed by atoms with van der Waals surface area (Å²) in [6.45, 7) is 3.61. The van der Waals surface area contributed by atoms with E-state index in [1.807, 2.05) is 25.9 Å². The molecule has 1 aromatic carbocycles. The maximum Gasteiger partial charge on any atom is 0.293 e. The fourth-order valence-corrected chi connectivity index (χ4v) is 3.00. The number of benzene rings is 1. The van der Waals surface area contributed by atoms with E-state index in [0.29, 0.717) is 5.56 Å². The highest BCUT2D eigenvalue weighted by Gasteiger charge is 2.23. The van der Waals surface area contributed by atoms with Gasteiger partial charge in [-0.2, -0.15) is 0 Å². The Hall–Kier alpha value is -1.71. The molecule has 0 aliphatic heterocycles. The lowest BCUT2D eigenvalue weighted by Crippen LogP contribution is -2.38. The molecule has 1 rings (SSSR count). The van der Waals surface area contributed by atoms with Gasteiger partial charge in [0, 0.05) is 18.7 Å². The van der Waals surface area contributed by atoms with Crippen LogP contribution in [0.3, 0.4) is 0 Å². The first-order valence-corrected chi connectivity index (χ1v) is 7.75. The molecular weight excluding hydrogens is 296 g/mol. The molecule has 0 radical (unpaired) electrons. The van der Waals surface area contributed by atoms with E-state index >= 15 is 0 Å². The standard InChI is InChI=1S/C12H20N4O4S/c1-8-5-10(13)11(16(17)18)6-12(8)21(19,20)14-7-9(2)15(3)4/h5-6,9,14H,7,13H2,1-4H3. The molecule has 0 aliphatic carbocycles. The largest absolute Gasteiger partial charge is 0.393 e. The first-order valence-electron chi connectivity index (χ1n) is 6.27. The number of likely N-dealkylation sites (N-methyl/N-ethyl adjacent to an activating group) is 1. The van der Waals surface area contributed by atoms with Gasteiger partial charge in [0.2, 0.25) is 10.0 Å². The Balaban J connectivity index is 3.14. The van der Waals surface area contributed by atoms with Crippen molar-refractivity contribution in [3.63, 3.8) is 0 Å². The topological polar surface area (TPSA) is 119 Å². The maximum absolute atomic E-state index is 12.3. The summed E-state index contributed by atoms with van der Waals surface area (Å²) in [5, 5.41) is 10.9. The van der Waals surface area contributed by atoms with Crippen molar-refractivity contribution in [2.24, 2.45) is 0 Å². The first kappa shape index (κ1) is 17.3. The number of hydrogen-bond donors (Lipinski definition) is 2. The van der Waals surface area contributed by atoms with Gasteiger partial charge in [0.15, 0.2) is 0 Å². The van der Waals surface area contributed by atoms with Gasteiger partial charge in [-0.05, 0) is 39.6 Å². The molecule has 0 saturated carbocycles. The number of sulfonamides is 1. The number of nitrogens with one attached hydrogen (secondary N) is 1. The minimum Gasteiger partial charge on any atom is -0.393 e. The number of anilines is 1. The highest BCUT2D eigenvalue weighted by Crippen LogP contribution is 2.28. The van der Waals surface area contributed by atoms with Crippen LogP contribution in [0.15, 0.2) is 17.0 Å². The summed E-state index contributed by atoms with van der Waals surface area (Å²) in [6.07, 6.45) is 0. The second-order valence-electron chi connectivity index (χ2n) is 5.10. The molecule has 0 fully saturated rings. The minimum absolute atomic E-state index is 0.0103. The molecule has 0 aliphatic rings. The number of nitrogen functional groups attached to an aromatic ring is 1. The number of nitro benzene ring substituents is 1. The van der Waals surface area contributed by atoms with Gasteiger partial charge in [-0.1, -0.05) is 0 Å². The van der Waals surface area contributed by atoms with Crippen LogP contribution in [0.5, 0.6) is 0 Å². The Bertz CT molecular complexity index is 643. The van der Waals surface area contributed by atoms with Crippen molar-refractivity contribution in [2.75, 3.05) is 26.4 Å². The van der Waals surface area contributed by atoms with E-state index in [1.54, 1.807) is 6.92 Å². The minimum atomic E-state index is -3.83. The SMILES string of the molecule is Cc1cc(N)c([N+](=O)[O-])cc1S(=O)(=O)NCC(C)N(C)C. The Kier molecular flexibility index (Phi) is 5.26. The lowest BCUT2D eigenvalue weighted by Gasteiger charge is -2.20.